The highest BCUT2D eigenvalue weighted by atomic mass is 16.2. The Balaban J connectivity index is 1.67. The fourth-order valence-corrected chi connectivity index (χ4v) is 4.71. The van der Waals surface area contributed by atoms with Gasteiger partial charge in [0.1, 0.15) is 5.82 Å². The Morgan fingerprint density at radius 2 is 2.11 bits per heavy atom. The standard InChI is InChI=1S/C20H30N6O/c1-5-25-11-10-22-17(25)13-26(16-12-20(16)6-8-21-9-7-20)19(27)18-14(2)23-24(4)15(18)3/h10-11,16,21H,5-9,12-13H2,1-4H3. The molecule has 2 aromatic rings. The van der Waals surface area contributed by atoms with Gasteiger partial charge in [-0.15, -0.1) is 0 Å². The molecule has 146 valence electrons. The maximum Gasteiger partial charge on any atom is 0.258 e. The van der Waals surface area contributed by atoms with Gasteiger partial charge in [0.2, 0.25) is 0 Å². The monoisotopic (exact) mass is 370 g/mol. The zero-order valence-corrected chi connectivity index (χ0v) is 16.8. The van der Waals surface area contributed by atoms with E-state index in [1.165, 1.54) is 0 Å². The lowest BCUT2D eigenvalue weighted by Crippen LogP contribution is -2.40. The van der Waals surface area contributed by atoms with Gasteiger partial charge < -0.3 is 14.8 Å². The highest BCUT2D eigenvalue weighted by Gasteiger charge is 2.58. The minimum absolute atomic E-state index is 0.101. The van der Waals surface area contributed by atoms with Gasteiger partial charge in [0, 0.05) is 37.7 Å². The molecule has 27 heavy (non-hydrogen) atoms. The van der Waals surface area contributed by atoms with Crippen molar-refractivity contribution >= 4 is 5.91 Å². The maximum atomic E-state index is 13.7. The zero-order valence-electron chi connectivity index (χ0n) is 16.8. The normalized spacial score (nSPS) is 20.8. The first-order valence-electron chi connectivity index (χ1n) is 9.99. The van der Waals surface area contributed by atoms with Crippen molar-refractivity contribution in [3.05, 3.63) is 35.2 Å². The van der Waals surface area contributed by atoms with Crippen LogP contribution < -0.4 is 5.32 Å². The van der Waals surface area contributed by atoms with Crippen molar-refractivity contribution in [1.82, 2.24) is 29.5 Å². The van der Waals surface area contributed by atoms with E-state index >= 15 is 0 Å². The van der Waals surface area contributed by atoms with E-state index in [2.05, 4.69) is 31.8 Å². The quantitative estimate of drug-likeness (QED) is 0.875. The Labute approximate surface area is 160 Å². The second-order valence-corrected chi connectivity index (χ2v) is 8.06. The van der Waals surface area contributed by atoms with Gasteiger partial charge in [-0.1, -0.05) is 0 Å². The largest absolute Gasteiger partial charge is 0.334 e. The Morgan fingerprint density at radius 3 is 2.74 bits per heavy atom. The molecule has 1 aliphatic carbocycles. The number of aromatic nitrogens is 4. The Hall–Kier alpha value is -2.15. The number of amides is 1. The highest BCUT2D eigenvalue weighted by molar-refractivity contribution is 5.96. The molecule has 2 aromatic heterocycles. The summed E-state index contributed by atoms with van der Waals surface area (Å²) in [5.74, 6) is 1.06. The van der Waals surface area contributed by atoms with E-state index in [1.54, 1.807) is 4.68 Å². The molecule has 0 radical (unpaired) electrons. The number of hydrogen-bond acceptors (Lipinski definition) is 4. The lowest BCUT2D eigenvalue weighted by Gasteiger charge is -2.29. The summed E-state index contributed by atoms with van der Waals surface area (Å²) < 4.78 is 3.93. The van der Waals surface area contributed by atoms with Gasteiger partial charge in [-0.3, -0.25) is 9.48 Å². The summed E-state index contributed by atoms with van der Waals surface area (Å²) >= 11 is 0. The van der Waals surface area contributed by atoms with E-state index in [0.717, 1.165) is 61.7 Å². The van der Waals surface area contributed by atoms with Crippen molar-refractivity contribution in [3.8, 4) is 0 Å². The molecule has 4 rings (SSSR count). The number of nitrogens with one attached hydrogen (secondary N) is 1. The number of aryl methyl sites for hydroxylation is 3. The summed E-state index contributed by atoms with van der Waals surface area (Å²) in [5.41, 5.74) is 2.78. The molecule has 3 heterocycles. The van der Waals surface area contributed by atoms with Crippen molar-refractivity contribution in [2.75, 3.05) is 13.1 Å². The van der Waals surface area contributed by atoms with Crippen LogP contribution in [0.1, 0.15) is 53.8 Å². The SMILES string of the molecule is CCn1ccnc1CN(C(=O)c1c(C)nn(C)c1C)C1CC12CCNCC2. The van der Waals surface area contributed by atoms with Gasteiger partial charge in [-0.05, 0) is 58.5 Å². The van der Waals surface area contributed by atoms with E-state index in [9.17, 15) is 4.79 Å². The van der Waals surface area contributed by atoms with E-state index in [1.807, 2.05) is 33.3 Å². The zero-order chi connectivity index (χ0) is 19.2. The van der Waals surface area contributed by atoms with Crippen LogP contribution in [-0.2, 0) is 20.1 Å². The molecular weight excluding hydrogens is 340 g/mol. The van der Waals surface area contributed by atoms with Crippen LogP contribution in [0.15, 0.2) is 12.4 Å². The number of imidazole rings is 1. The molecule has 7 nitrogen and oxygen atoms in total. The van der Waals surface area contributed by atoms with Crippen LogP contribution >= 0.6 is 0 Å². The number of nitrogens with zero attached hydrogens (tertiary/aromatic N) is 5. The first kappa shape index (κ1) is 18.2. The van der Waals surface area contributed by atoms with Crippen LogP contribution in [0.5, 0.6) is 0 Å². The number of carbonyl (C=O) groups excluding carboxylic acids is 1. The number of carbonyl (C=O) groups is 1. The molecule has 1 saturated heterocycles. The molecule has 2 aliphatic rings. The van der Waals surface area contributed by atoms with Crippen LogP contribution in [0.2, 0.25) is 0 Å². The van der Waals surface area contributed by atoms with Gasteiger partial charge >= 0.3 is 0 Å². The van der Waals surface area contributed by atoms with Gasteiger partial charge in [0.15, 0.2) is 0 Å². The molecule has 7 heteroatoms. The van der Waals surface area contributed by atoms with Crippen molar-refractivity contribution in [2.45, 2.75) is 59.2 Å². The average Bonchev–Trinajstić information content (AvgIpc) is 3.01. The van der Waals surface area contributed by atoms with Gasteiger partial charge in [0.25, 0.3) is 5.91 Å². The van der Waals surface area contributed by atoms with E-state index in [-0.39, 0.29) is 11.3 Å². The summed E-state index contributed by atoms with van der Waals surface area (Å²) in [5, 5.41) is 7.92. The smallest absolute Gasteiger partial charge is 0.258 e. The molecule has 1 atom stereocenters. The highest BCUT2D eigenvalue weighted by Crippen LogP contribution is 2.56. The molecule has 0 bridgehead atoms. The number of hydrogen-bond donors (Lipinski definition) is 1. The van der Waals surface area contributed by atoms with Crippen molar-refractivity contribution < 1.29 is 4.79 Å². The fraction of sp³-hybridized carbons (Fsp3) is 0.650. The van der Waals surface area contributed by atoms with E-state index in [4.69, 9.17) is 0 Å². The molecule has 1 N–H and O–H groups in total. The first-order chi connectivity index (χ1) is 13.0. The number of piperidine rings is 1. The predicted octanol–water partition coefficient (Wildman–Crippen LogP) is 2.04. The summed E-state index contributed by atoms with van der Waals surface area (Å²) in [4.78, 5) is 20.3. The summed E-state index contributed by atoms with van der Waals surface area (Å²) in [6, 6.07) is 0.299. The van der Waals surface area contributed by atoms with Gasteiger partial charge in [-0.2, -0.15) is 5.10 Å². The van der Waals surface area contributed by atoms with Crippen molar-refractivity contribution in [3.63, 3.8) is 0 Å². The first-order valence-corrected chi connectivity index (χ1v) is 9.99. The minimum atomic E-state index is 0.101. The van der Waals surface area contributed by atoms with Crippen molar-refractivity contribution in [1.29, 1.82) is 0 Å². The lowest BCUT2D eigenvalue weighted by molar-refractivity contribution is 0.0683. The molecule has 1 spiro atoms. The molecule has 1 amide bonds. The second kappa shape index (κ2) is 6.78. The molecule has 1 aliphatic heterocycles. The van der Waals surface area contributed by atoms with Crippen LogP contribution in [0.25, 0.3) is 0 Å². The van der Waals surface area contributed by atoms with Crippen LogP contribution in [-0.4, -0.2) is 49.3 Å². The lowest BCUT2D eigenvalue weighted by atomic mass is 9.93. The molecule has 0 aromatic carbocycles. The average molecular weight is 371 g/mol. The third-order valence-electron chi connectivity index (χ3n) is 6.56. The third-order valence-corrected chi connectivity index (χ3v) is 6.56. The molecule has 1 saturated carbocycles. The molecule has 2 fully saturated rings. The Kier molecular flexibility index (Phi) is 4.58. The maximum absolute atomic E-state index is 13.7. The Bertz CT molecular complexity index is 845. The van der Waals surface area contributed by atoms with E-state index < -0.39 is 0 Å². The molecule has 1 unspecified atom stereocenters. The summed E-state index contributed by atoms with van der Waals surface area (Å²) in [6.45, 7) is 9.54. The van der Waals surface area contributed by atoms with Crippen LogP contribution in [0.4, 0.5) is 0 Å². The summed E-state index contributed by atoms with van der Waals surface area (Å²) in [7, 11) is 1.90. The second-order valence-electron chi connectivity index (χ2n) is 8.06. The van der Waals surface area contributed by atoms with Crippen LogP contribution in [0, 0.1) is 19.3 Å². The summed E-state index contributed by atoms with van der Waals surface area (Å²) in [6.07, 6.45) is 7.22. The van der Waals surface area contributed by atoms with E-state index in [0.29, 0.717) is 12.6 Å². The molecular formula is C20H30N6O. The topological polar surface area (TPSA) is 68.0 Å². The van der Waals surface area contributed by atoms with Crippen molar-refractivity contribution in [2.24, 2.45) is 12.5 Å². The predicted molar refractivity (Wildman–Crippen MR) is 103 cm³/mol. The third kappa shape index (κ3) is 3.08. The van der Waals surface area contributed by atoms with Gasteiger partial charge in [0.05, 0.1) is 17.8 Å². The number of rotatable bonds is 5. The van der Waals surface area contributed by atoms with Gasteiger partial charge in [-0.25, -0.2) is 4.98 Å². The fourth-order valence-electron chi connectivity index (χ4n) is 4.71. The van der Waals surface area contributed by atoms with Crippen LogP contribution in [0.3, 0.4) is 0 Å². The Morgan fingerprint density at radius 1 is 1.37 bits per heavy atom. The minimum Gasteiger partial charge on any atom is -0.334 e.